The zero-order valence-electron chi connectivity index (χ0n) is 15.9. The maximum Gasteiger partial charge on any atom is 0.251 e. The lowest BCUT2D eigenvalue weighted by molar-refractivity contribution is 0.0938. The lowest BCUT2D eigenvalue weighted by Crippen LogP contribution is -2.32. The molecular weight excluding hydrogens is 364 g/mol. The Morgan fingerprint density at radius 1 is 1.15 bits per heavy atom. The molecule has 0 spiro atoms. The first-order chi connectivity index (χ1) is 12.9. The molecule has 0 heterocycles. The number of hydrogen-bond acceptors (Lipinski definition) is 4. The van der Waals surface area contributed by atoms with E-state index in [-0.39, 0.29) is 34.7 Å². The fraction of sp³-hybridized carbons (Fsp3) is 0.350. The van der Waals surface area contributed by atoms with E-state index >= 15 is 0 Å². The zero-order valence-corrected chi connectivity index (χ0v) is 16.7. The van der Waals surface area contributed by atoms with Crippen molar-refractivity contribution in [3.8, 4) is 5.75 Å². The molecule has 146 valence electrons. The van der Waals surface area contributed by atoms with Crippen LogP contribution in [0.4, 0.5) is 0 Å². The van der Waals surface area contributed by atoms with Crippen LogP contribution in [0.1, 0.15) is 42.6 Å². The van der Waals surface area contributed by atoms with Crippen LogP contribution in [0.5, 0.6) is 5.75 Å². The number of amides is 1. The van der Waals surface area contributed by atoms with Gasteiger partial charge in [0.05, 0.1) is 7.11 Å². The van der Waals surface area contributed by atoms with Crippen molar-refractivity contribution >= 4 is 15.9 Å². The van der Waals surface area contributed by atoms with Crippen molar-refractivity contribution in [1.29, 1.82) is 0 Å². The summed E-state index contributed by atoms with van der Waals surface area (Å²) < 4.78 is 33.3. The Labute approximate surface area is 161 Å². The van der Waals surface area contributed by atoms with Crippen molar-refractivity contribution in [1.82, 2.24) is 10.0 Å². The SMILES string of the molecule is CCC[C@H](C)NC(=O)c1ccc(OC)c(S(=O)(=O)NCc2ccccc2)c1. The lowest BCUT2D eigenvalue weighted by atomic mass is 10.1. The molecule has 0 saturated heterocycles. The highest BCUT2D eigenvalue weighted by atomic mass is 32.2. The van der Waals surface area contributed by atoms with Gasteiger partial charge in [-0.3, -0.25) is 4.79 Å². The van der Waals surface area contributed by atoms with Gasteiger partial charge >= 0.3 is 0 Å². The predicted octanol–water partition coefficient (Wildman–Crippen LogP) is 3.09. The van der Waals surface area contributed by atoms with Gasteiger partial charge in [-0.25, -0.2) is 13.1 Å². The molecule has 0 fully saturated rings. The summed E-state index contributed by atoms with van der Waals surface area (Å²) in [7, 11) is -2.45. The molecule has 0 saturated carbocycles. The standard InChI is InChI=1S/C20H26N2O4S/c1-4-8-15(2)22-20(23)17-11-12-18(26-3)19(13-17)27(24,25)21-14-16-9-6-5-7-10-16/h5-7,9-13,15,21H,4,8,14H2,1-3H3,(H,22,23)/t15-/m0/s1. The molecule has 0 aliphatic rings. The van der Waals surface area contributed by atoms with Crippen molar-refractivity contribution < 1.29 is 17.9 Å². The zero-order chi connectivity index (χ0) is 19.9. The second-order valence-corrected chi connectivity index (χ2v) is 8.07. The fourth-order valence-electron chi connectivity index (χ4n) is 2.69. The Bertz CT molecular complexity index is 867. The molecule has 2 N–H and O–H groups in total. The molecule has 27 heavy (non-hydrogen) atoms. The van der Waals surface area contributed by atoms with E-state index in [1.54, 1.807) is 6.07 Å². The monoisotopic (exact) mass is 390 g/mol. The van der Waals surface area contributed by atoms with E-state index in [1.165, 1.54) is 19.2 Å². The first kappa shape index (κ1) is 20.9. The molecule has 0 radical (unpaired) electrons. The van der Waals surface area contributed by atoms with Crippen molar-refractivity contribution in [2.45, 2.75) is 44.2 Å². The summed E-state index contributed by atoms with van der Waals surface area (Å²) in [5, 5.41) is 2.88. The minimum atomic E-state index is -3.85. The van der Waals surface area contributed by atoms with Gasteiger partial charge in [-0.1, -0.05) is 43.7 Å². The third-order valence-corrected chi connectivity index (χ3v) is 5.55. The third-order valence-electron chi connectivity index (χ3n) is 4.12. The Kier molecular flexibility index (Phi) is 7.38. The van der Waals surface area contributed by atoms with Crippen LogP contribution < -0.4 is 14.8 Å². The highest BCUT2D eigenvalue weighted by Gasteiger charge is 2.22. The Balaban J connectivity index is 2.24. The summed E-state index contributed by atoms with van der Waals surface area (Å²) in [4.78, 5) is 12.4. The molecule has 6 nitrogen and oxygen atoms in total. The molecule has 2 rings (SSSR count). The largest absolute Gasteiger partial charge is 0.495 e. The number of carbonyl (C=O) groups excluding carboxylic acids is 1. The number of nitrogens with one attached hydrogen (secondary N) is 2. The summed E-state index contributed by atoms with van der Waals surface area (Å²) >= 11 is 0. The van der Waals surface area contributed by atoms with Gasteiger partial charge in [0, 0.05) is 18.2 Å². The highest BCUT2D eigenvalue weighted by molar-refractivity contribution is 7.89. The van der Waals surface area contributed by atoms with Crippen LogP contribution in [-0.2, 0) is 16.6 Å². The second-order valence-electron chi connectivity index (χ2n) is 6.34. The molecule has 0 aromatic heterocycles. The molecule has 0 aliphatic carbocycles. The molecule has 1 amide bonds. The van der Waals surface area contributed by atoms with E-state index < -0.39 is 10.0 Å². The van der Waals surface area contributed by atoms with Crippen molar-refractivity contribution in [2.24, 2.45) is 0 Å². The van der Waals surface area contributed by atoms with Crippen LogP contribution in [0.25, 0.3) is 0 Å². The minimum Gasteiger partial charge on any atom is -0.495 e. The maximum absolute atomic E-state index is 12.8. The molecule has 0 bridgehead atoms. The van der Waals surface area contributed by atoms with E-state index in [9.17, 15) is 13.2 Å². The average Bonchev–Trinajstić information content (AvgIpc) is 2.67. The van der Waals surface area contributed by atoms with Gasteiger partial charge in [-0.2, -0.15) is 0 Å². The number of methoxy groups -OCH3 is 1. The molecule has 2 aromatic carbocycles. The van der Waals surface area contributed by atoms with Gasteiger partial charge in [0.25, 0.3) is 5.91 Å². The summed E-state index contributed by atoms with van der Waals surface area (Å²) in [5.41, 5.74) is 1.11. The first-order valence-electron chi connectivity index (χ1n) is 8.90. The Hall–Kier alpha value is -2.38. The number of hydrogen-bond donors (Lipinski definition) is 2. The Morgan fingerprint density at radius 2 is 1.85 bits per heavy atom. The van der Waals surface area contributed by atoms with Crippen LogP contribution in [-0.4, -0.2) is 27.5 Å². The van der Waals surface area contributed by atoms with Crippen LogP contribution >= 0.6 is 0 Å². The van der Waals surface area contributed by atoms with Crippen LogP contribution in [0, 0.1) is 0 Å². The number of benzene rings is 2. The van der Waals surface area contributed by atoms with E-state index in [0.29, 0.717) is 0 Å². The molecule has 1 atom stereocenters. The summed E-state index contributed by atoms with van der Waals surface area (Å²) in [6.45, 7) is 4.11. The molecular formula is C20H26N2O4S. The quantitative estimate of drug-likeness (QED) is 0.689. The van der Waals surface area contributed by atoms with E-state index in [4.69, 9.17) is 4.74 Å². The van der Waals surface area contributed by atoms with Gasteiger partial charge in [-0.15, -0.1) is 0 Å². The topological polar surface area (TPSA) is 84.5 Å². The van der Waals surface area contributed by atoms with Crippen LogP contribution in [0.3, 0.4) is 0 Å². The lowest BCUT2D eigenvalue weighted by Gasteiger charge is -2.15. The van der Waals surface area contributed by atoms with E-state index in [0.717, 1.165) is 18.4 Å². The second kappa shape index (κ2) is 9.53. The van der Waals surface area contributed by atoms with Gasteiger partial charge in [-0.05, 0) is 37.1 Å². The highest BCUT2D eigenvalue weighted by Crippen LogP contribution is 2.25. The fourth-order valence-corrected chi connectivity index (χ4v) is 3.90. The van der Waals surface area contributed by atoms with E-state index in [2.05, 4.69) is 10.0 Å². The normalized spacial score (nSPS) is 12.4. The van der Waals surface area contributed by atoms with Crippen molar-refractivity contribution in [3.05, 3.63) is 59.7 Å². The summed E-state index contributed by atoms with van der Waals surface area (Å²) in [6, 6.07) is 13.6. The molecule has 2 aromatic rings. The number of sulfonamides is 1. The summed E-state index contributed by atoms with van der Waals surface area (Å²) in [6.07, 6.45) is 1.80. The van der Waals surface area contributed by atoms with Crippen LogP contribution in [0.2, 0.25) is 0 Å². The molecule has 7 heteroatoms. The van der Waals surface area contributed by atoms with Gasteiger partial charge < -0.3 is 10.1 Å². The molecule has 0 unspecified atom stereocenters. The summed E-state index contributed by atoms with van der Waals surface area (Å²) in [5.74, 6) is -0.119. The van der Waals surface area contributed by atoms with Gasteiger partial charge in [0.1, 0.15) is 10.6 Å². The smallest absolute Gasteiger partial charge is 0.251 e. The van der Waals surface area contributed by atoms with Crippen LogP contribution in [0.15, 0.2) is 53.4 Å². The third kappa shape index (κ3) is 5.80. The maximum atomic E-state index is 12.8. The number of rotatable bonds is 9. The van der Waals surface area contributed by atoms with Crippen molar-refractivity contribution in [3.63, 3.8) is 0 Å². The molecule has 0 aliphatic heterocycles. The number of ether oxygens (including phenoxy) is 1. The van der Waals surface area contributed by atoms with Gasteiger partial charge in [0.15, 0.2) is 0 Å². The average molecular weight is 391 g/mol. The number of carbonyl (C=O) groups is 1. The minimum absolute atomic E-state index is 0.0147. The van der Waals surface area contributed by atoms with E-state index in [1.807, 2.05) is 44.2 Å². The van der Waals surface area contributed by atoms with Gasteiger partial charge in [0.2, 0.25) is 10.0 Å². The first-order valence-corrected chi connectivity index (χ1v) is 10.4. The van der Waals surface area contributed by atoms with Crippen molar-refractivity contribution in [2.75, 3.05) is 7.11 Å². The predicted molar refractivity (Wildman–Crippen MR) is 105 cm³/mol. The Morgan fingerprint density at radius 3 is 2.48 bits per heavy atom.